The maximum Gasteiger partial charge on any atom is 0.260 e. The van der Waals surface area contributed by atoms with Gasteiger partial charge in [-0.2, -0.15) is 0 Å². The molecule has 5 heteroatoms. The van der Waals surface area contributed by atoms with E-state index in [9.17, 15) is 4.79 Å². The molecule has 23 heavy (non-hydrogen) atoms. The van der Waals surface area contributed by atoms with Crippen molar-refractivity contribution >= 4 is 5.91 Å². The number of methoxy groups -OCH3 is 2. The molecule has 0 heterocycles. The van der Waals surface area contributed by atoms with Crippen LogP contribution in [0.15, 0.2) is 48.5 Å². The SMILES string of the molecule is COc1ccc(CN(C)C(=O)COc2ccc(OC)cc2)cc1. The number of carbonyl (C=O) groups excluding carboxylic acids is 1. The third-order valence-corrected chi connectivity index (χ3v) is 3.43. The highest BCUT2D eigenvalue weighted by Gasteiger charge is 2.10. The standard InChI is InChI=1S/C18H21NO4/c1-19(12-14-4-6-15(21-2)7-5-14)18(20)13-23-17-10-8-16(22-3)9-11-17/h4-11H,12-13H2,1-3H3. The van der Waals surface area contributed by atoms with Crippen molar-refractivity contribution in [3.05, 3.63) is 54.1 Å². The number of hydrogen-bond acceptors (Lipinski definition) is 4. The van der Waals surface area contributed by atoms with Gasteiger partial charge in [0, 0.05) is 13.6 Å². The van der Waals surface area contributed by atoms with E-state index in [0.29, 0.717) is 12.3 Å². The summed E-state index contributed by atoms with van der Waals surface area (Å²) in [6.45, 7) is 0.522. The highest BCUT2D eigenvalue weighted by Crippen LogP contribution is 2.17. The summed E-state index contributed by atoms with van der Waals surface area (Å²) in [6, 6.07) is 14.8. The van der Waals surface area contributed by atoms with Gasteiger partial charge in [-0.05, 0) is 42.0 Å². The van der Waals surface area contributed by atoms with Gasteiger partial charge in [-0.15, -0.1) is 0 Å². The van der Waals surface area contributed by atoms with Gasteiger partial charge in [-0.3, -0.25) is 4.79 Å². The molecule has 0 aromatic heterocycles. The normalized spacial score (nSPS) is 10.0. The van der Waals surface area contributed by atoms with Crippen LogP contribution in [0, 0.1) is 0 Å². The van der Waals surface area contributed by atoms with Crippen LogP contribution in [0.1, 0.15) is 5.56 Å². The minimum Gasteiger partial charge on any atom is -0.497 e. The fourth-order valence-electron chi connectivity index (χ4n) is 2.02. The molecule has 0 saturated carbocycles. The molecule has 0 saturated heterocycles. The molecular weight excluding hydrogens is 294 g/mol. The van der Waals surface area contributed by atoms with Crippen LogP contribution < -0.4 is 14.2 Å². The lowest BCUT2D eigenvalue weighted by Crippen LogP contribution is -2.30. The van der Waals surface area contributed by atoms with E-state index in [0.717, 1.165) is 17.1 Å². The molecule has 0 N–H and O–H groups in total. The smallest absolute Gasteiger partial charge is 0.260 e. The molecule has 2 aromatic rings. The Hall–Kier alpha value is -2.69. The summed E-state index contributed by atoms with van der Waals surface area (Å²) in [5, 5.41) is 0. The highest BCUT2D eigenvalue weighted by atomic mass is 16.5. The maximum absolute atomic E-state index is 12.1. The zero-order valence-electron chi connectivity index (χ0n) is 13.6. The Morgan fingerprint density at radius 2 is 1.35 bits per heavy atom. The summed E-state index contributed by atoms with van der Waals surface area (Å²) in [6.07, 6.45) is 0. The predicted molar refractivity (Wildman–Crippen MR) is 88.0 cm³/mol. The third kappa shape index (κ3) is 4.92. The van der Waals surface area contributed by atoms with Gasteiger partial charge < -0.3 is 19.1 Å². The van der Waals surface area contributed by atoms with Crippen LogP contribution in [0.5, 0.6) is 17.2 Å². The molecule has 0 bridgehead atoms. The number of benzene rings is 2. The van der Waals surface area contributed by atoms with Crippen LogP contribution in [0.2, 0.25) is 0 Å². The van der Waals surface area contributed by atoms with Crippen LogP contribution in [-0.4, -0.2) is 38.7 Å². The van der Waals surface area contributed by atoms with Gasteiger partial charge in [0.05, 0.1) is 14.2 Å². The van der Waals surface area contributed by atoms with Crippen LogP contribution in [0.3, 0.4) is 0 Å². The Balaban J connectivity index is 1.83. The van der Waals surface area contributed by atoms with Gasteiger partial charge in [-0.25, -0.2) is 0 Å². The van der Waals surface area contributed by atoms with Crippen molar-refractivity contribution in [2.45, 2.75) is 6.54 Å². The summed E-state index contributed by atoms with van der Waals surface area (Å²) in [4.78, 5) is 13.7. The molecule has 2 rings (SSSR count). The number of amides is 1. The van der Waals surface area contributed by atoms with Crippen molar-refractivity contribution in [3.8, 4) is 17.2 Å². The van der Waals surface area contributed by atoms with Gasteiger partial charge in [0.2, 0.25) is 0 Å². The molecule has 0 unspecified atom stereocenters. The van der Waals surface area contributed by atoms with Crippen molar-refractivity contribution < 1.29 is 19.0 Å². The number of carbonyl (C=O) groups is 1. The minimum atomic E-state index is -0.0864. The first-order valence-corrected chi connectivity index (χ1v) is 7.26. The van der Waals surface area contributed by atoms with Crippen LogP contribution in [0.25, 0.3) is 0 Å². The number of nitrogens with zero attached hydrogens (tertiary/aromatic N) is 1. The van der Waals surface area contributed by atoms with E-state index in [2.05, 4.69) is 0 Å². The van der Waals surface area contributed by atoms with Gasteiger partial charge in [-0.1, -0.05) is 12.1 Å². The molecule has 122 valence electrons. The molecule has 0 radical (unpaired) electrons. The van der Waals surface area contributed by atoms with E-state index in [-0.39, 0.29) is 12.5 Å². The summed E-state index contributed by atoms with van der Waals surface area (Å²) in [5.74, 6) is 2.10. The van der Waals surface area contributed by atoms with Gasteiger partial charge in [0.25, 0.3) is 5.91 Å². The Morgan fingerprint density at radius 3 is 1.87 bits per heavy atom. The fourth-order valence-corrected chi connectivity index (χ4v) is 2.02. The Morgan fingerprint density at radius 1 is 0.870 bits per heavy atom. The Labute approximate surface area is 136 Å². The first-order valence-electron chi connectivity index (χ1n) is 7.26. The monoisotopic (exact) mass is 315 g/mol. The van der Waals surface area contributed by atoms with Crippen LogP contribution >= 0.6 is 0 Å². The second kappa shape index (κ2) is 8.08. The molecule has 1 amide bonds. The average molecular weight is 315 g/mol. The number of likely N-dealkylation sites (N-methyl/N-ethyl adjacent to an activating group) is 1. The predicted octanol–water partition coefficient (Wildman–Crippen LogP) is 2.74. The van der Waals surface area contributed by atoms with E-state index >= 15 is 0 Å². The van der Waals surface area contributed by atoms with Crippen molar-refractivity contribution in [1.29, 1.82) is 0 Å². The van der Waals surface area contributed by atoms with E-state index < -0.39 is 0 Å². The van der Waals surface area contributed by atoms with Crippen molar-refractivity contribution in [2.24, 2.45) is 0 Å². The molecule has 0 atom stereocenters. The summed E-state index contributed by atoms with van der Waals surface area (Å²) in [7, 11) is 4.98. The van der Waals surface area contributed by atoms with E-state index in [1.807, 2.05) is 24.3 Å². The largest absolute Gasteiger partial charge is 0.497 e. The quantitative estimate of drug-likeness (QED) is 0.788. The first-order chi connectivity index (χ1) is 11.1. The van der Waals surface area contributed by atoms with Crippen molar-refractivity contribution in [3.63, 3.8) is 0 Å². The summed E-state index contributed by atoms with van der Waals surface area (Å²) in [5.41, 5.74) is 1.03. The zero-order chi connectivity index (χ0) is 16.7. The number of ether oxygens (including phenoxy) is 3. The van der Waals surface area contributed by atoms with E-state index in [4.69, 9.17) is 14.2 Å². The van der Waals surface area contributed by atoms with Gasteiger partial charge in [0.1, 0.15) is 17.2 Å². The summed E-state index contributed by atoms with van der Waals surface area (Å²) < 4.78 is 15.7. The second-order valence-electron chi connectivity index (χ2n) is 5.06. The highest BCUT2D eigenvalue weighted by molar-refractivity contribution is 5.77. The Bertz CT molecular complexity index is 622. The average Bonchev–Trinajstić information content (AvgIpc) is 2.60. The topological polar surface area (TPSA) is 48.0 Å². The summed E-state index contributed by atoms with van der Waals surface area (Å²) >= 11 is 0. The van der Waals surface area contributed by atoms with Gasteiger partial charge >= 0.3 is 0 Å². The first kappa shape index (κ1) is 16.7. The lowest BCUT2D eigenvalue weighted by Gasteiger charge is -2.18. The molecule has 5 nitrogen and oxygen atoms in total. The van der Waals surface area contributed by atoms with Crippen LogP contribution in [-0.2, 0) is 11.3 Å². The van der Waals surface area contributed by atoms with Crippen molar-refractivity contribution in [2.75, 3.05) is 27.9 Å². The van der Waals surface area contributed by atoms with Crippen molar-refractivity contribution in [1.82, 2.24) is 4.90 Å². The molecule has 0 spiro atoms. The maximum atomic E-state index is 12.1. The zero-order valence-corrected chi connectivity index (χ0v) is 13.6. The molecule has 2 aromatic carbocycles. The molecule has 0 aliphatic carbocycles. The second-order valence-corrected chi connectivity index (χ2v) is 5.06. The Kier molecular flexibility index (Phi) is 5.86. The number of rotatable bonds is 7. The lowest BCUT2D eigenvalue weighted by atomic mass is 10.2. The lowest BCUT2D eigenvalue weighted by molar-refractivity contribution is -0.132. The van der Waals surface area contributed by atoms with Crippen LogP contribution in [0.4, 0.5) is 0 Å². The van der Waals surface area contributed by atoms with Gasteiger partial charge in [0.15, 0.2) is 6.61 Å². The minimum absolute atomic E-state index is 0.00101. The molecular formula is C18H21NO4. The fraction of sp³-hybridized carbons (Fsp3) is 0.278. The third-order valence-electron chi connectivity index (χ3n) is 3.43. The van der Waals surface area contributed by atoms with E-state index in [1.165, 1.54) is 0 Å². The molecule has 0 fully saturated rings. The van der Waals surface area contributed by atoms with E-state index in [1.54, 1.807) is 50.4 Å². The molecule has 0 aliphatic heterocycles. The molecule has 0 aliphatic rings. The number of hydrogen-bond donors (Lipinski definition) is 0.